The maximum absolute atomic E-state index is 15.5. The number of hydrogen-bond acceptors (Lipinski definition) is 6. The number of nitriles is 1. The van der Waals surface area contributed by atoms with Crippen molar-refractivity contribution in [3.8, 4) is 23.3 Å². The van der Waals surface area contributed by atoms with E-state index in [4.69, 9.17) is 4.74 Å². The van der Waals surface area contributed by atoms with Crippen LogP contribution in [0.4, 0.5) is 13.2 Å². The zero-order valence-electron chi connectivity index (χ0n) is 23.6. The minimum Gasteiger partial charge on any atom is -0.478 e. The number of carbonyl (C=O) groups is 1. The number of rotatable bonds is 10. The monoisotopic (exact) mass is 597 g/mol. The molecule has 0 bridgehead atoms. The number of halogens is 3. The van der Waals surface area contributed by atoms with Crippen LogP contribution in [0.3, 0.4) is 0 Å². The molecule has 8 nitrogen and oxygen atoms in total. The van der Waals surface area contributed by atoms with Crippen LogP contribution in [0.15, 0.2) is 60.8 Å². The lowest BCUT2D eigenvalue weighted by atomic mass is 10.0. The number of carboxylic acids is 1. The van der Waals surface area contributed by atoms with Crippen molar-refractivity contribution in [3.63, 3.8) is 0 Å². The molecule has 1 aliphatic rings. The molecule has 5 aromatic rings. The van der Waals surface area contributed by atoms with E-state index in [9.17, 15) is 23.9 Å². The van der Waals surface area contributed by atoms with Crippen LogP contribution in [0.5, 0.6) is 6.01 Å². The van der Waals surface area contributed by atoms with E-state index in [1.807, 2.05) is 0 Å². The first-order chi connectivity index (χ1) is 21.1. The minimum absolute atomic E-state index is 0.00548. The Bertz CT molecular complexity index is 1960. The summed E-state index contributed by atoms with van der Waals surface area (Å²) in [7, 11) is 0. The lowest BCUT2D eigenvalue weighted by Gasteiger charge is -2.16. The summed E-state index contributed by atoms with van der Waals surface area (Å²) in [6, 6.07) is 15.5. The van der Waals surface area contributed by atoms with E-state index >= 15 is 4.39 Å². The van der Waals surface area contributed by atoms with Crippen LogP contribution in [0.25, 0.3) is 22.3 Å². The van der Waals surface area contributed by atoms with E-state index in [1.165, 1.54) is 24.4 Å². The standard InChI is InChI=1S/C33H26F3N5O3/c1-19-2-3-22(24(34)12-19)17-44-32-38-11-6-27(39-32)21-5-4-20(25(35)13-21)16-29-40-30-26(36)14-23(31(42)43)15-28(30)41(29)18-33(7-8-33)9-10-37/h2-6,11-15H,7-9,16-18H2,1H3,(H,42,43). The van der Waals surface area contributed by atoms with Gasteiger partial charge in [0.25, 0.3) is 0 Å². The third kappa shape index (κ3) is 5.83. The molecule has 0 radical (unpaired) electrons. The maximum atomic E-state index is 15.5. The maximum Gasteiger partial charge on any atom is 0.335 e. The number of benzene rings is 3. The number of aromatic carboxylic acids is 1. The normalized spacial score (nSPS) is 13.5. The highest BCUT2D eigenvalue weighted by molar-refractivity contribution is 5.92. The van der Waals surface area contributed by atoms with Crippen molar-refractivity contribution in [1.82, 2.24) is 19.5 Å². The number of carboxylic acid groups (broad SMARTS) is 1. The van der Waals surface area contributed by atoms with Gasteiger partial charge in [-0.1, -0.05) is 24.3 Å². The van der Waals surface area contributed by atoms with Crippen molar-refractivity contribution in [2.75, 3.05) is 0 Å². The second-order valence-corrected chi connectivity index (χ2v) is 11.2. The lowest BCUT2D eigenvalue weighted by Crippen LogP contribution is -2.15. The largest absolute Gasteiger partial charge is 0.478 e. The Labute approximate surface area is 250 Å². The first-order valence-electron chi connectivity index (χ1n) is 13.9. The Balaban J connectivity index is 1.28. The predicted molar refractivity (Wildman–Crippen MR) is 154 cm³/mol. The molecule has 0 atom stereocenters. The highest BCUT2D eigenvalue weighted by Gasteiger charge is 2.43. The Hall–Kier alpha value is -5.24. The number of imidazole rings is 1. The van der Waals surface area contributed by atoms with Crippen LogP contribution >= 0.6 is 0 Å². The average Bonchev–Trinajstić information content (AvgIpc) is 3.67. The zero-order chi connectivity index (χ0) is 31.0. The van der Waals surface area contributed by atoms with Gasteiger partial charge in [0, 0.05) is 42.1 Å². The summed E-state index contributed by atoms with van der Waals surface area (Å²) >= 11 is 0. The molecule has 2 heterocycles. The van der Waals surface area contributed by atoms with Gasteiger partial charge < -0.3 is 14.4 Å². The SMILES string of the molecule is Cc1ccc(COc2nccc(-c3ccc(Cc4nc5c(F)cc(C(=O)O)cc5n4CC4(CC#N)CC4)c(F)c3)n2)c(F)c1. The number of aryl methyl sites for hydroxylation is 1. The van der Waals surface area contributed by atoms with E-state index in [1.54, 1.807) is 41.8 Å². The first-order valence-corrected chi connectivity index (χ1v) is 13.9. The summed E-state index contributed by atoms with van der Waals surface area (Å²) in [5, 5.41) is 18.8. The Morgan fingerprint density at radius 3 is 2.50 bits per heavy atom. The second-order valence-electron chi connectivity index (χ2n) is 11.2. The van der Waals surface area contributed by atoms with Crippen molar-refractivity contribution in [2.45, 2.75) is 45.8 Å². The Morgan fingerprint density at radius 1 is 1.02 bits per heavy atom. The molecular formula is C33H26F3N5O3. The van der Waals surface area contributed by atoms with Gasteiger partial charge in [-0.05, 0) is 61.2 Å². The van der Waals surface area contributed by atoms with Crippen LogP contribution < -0.4 is 4.74 Å². The van der Waals surface area contributed by atoms with Gasteiger partial charge >= 0.3 is 12.0 Å². The van der Waals surface area contributed by atoms with Gasteiger partial charge in [0.15, 0.2) is 5.82 Å². The molecule has 1 saturated carbocycles. The van der Waals surface area contributed by atoms with E-state index < -0.39 is 23.4 Å². The number of nitrogens with zero attached hydrogens (tertiary/aromatic N) is 5. The molecule has 3 aromatic carbocycles. The van der Waals surface area contributed by atoms with Gasteiger partial charge in [-0.25, -0.2) is 27.9 Å². The number of fused-ring (bicyclic) bond motifs is 1. The van der Waals surface area contributed by atoms with Gasteiger partial charge in [0.05, 0.1) is 22.8 Å². The Kier molecular flexibility index (Phi) is 7.51. The van der Waals surface area contributed by atoms with Crippen LogP contribution in [0.2, 0.25) is 0 Å². The fourth-order valence-electron chi connectivity index (χ4n) is 5.24. The van der Waals surface area contributed by atoms with Crippen LogP contribution in [-0.2, 0) is 19.6 Å². The molecule has 1 aliphatic carbocycles. The van der Waals surface area contributed by atoms with Crippen molar-refractivity contribution in [3.05, 3.63) is 106 Å². The summed E-state index contributed by atoms with van der Waals surface area (Å²) in [5.41, 5.74) is 2.03. The van der Waals surface area contributed by atoms with E-state index in [2.05, 4.69) is 21.0 Å². The smallest absolute Gasteiger partial charge is 0.335 e. The summed E-state index contributed by atoms with van der Waals surface area (Å²) in [6.45, 7) is 2.05. The quantitative estimate of drug-likeness (QED) is 0.189. The van der Waals surface area contributed by atoms with Crippen molar-refractivity contribution in [1.29, 1.82) is 5.26 Å². The fraction of sp³-hybridized carbons (Fsp3) is 0.242. The molecule has 0 amide bonds. The molecule has 0 unspecified atom stereocenters. The van der Waals surface area contributed by atoms with Crippen molar-refractivity contribution in [2.24, 2.45) is 5.41 Å². The zero-order valence-corrected chi connectivity index (χ0v) is 23.6. The highest BCUT2D eigenvalue weighted by atomic mass is 19.1. The molecular weight excluding hydrogens is 571 g/mol. The van der Waals surface area contributed by atoms with Gasteiger partial charge in [-0.15, -0.1) is 0 Å². The molecule has 1 fully saturated rings. The number of aromatic nitrogens is 4. The van der Waals surface area contributed by atoms with E-state index in [-0.39, 0.29) is 46.6 Å². The predicted octanol–water partition coefficient (Wildman–Crippen LogP) is 6.78. The summed E-state index contributed by atoms with van der Waals surface area (Å²) in [5.74, 6) is -2.64. The third-order valence-electron chi connectivity index (χ3n) is 7.93. The second kappa shape index (κ2) is 11.4. The van der Waals surface area contributed by atoms with Crippen LogP contribution in [0, 0.1) is 41.1 Å². The first kappa shape index (κ1) is 28.9. The fourth-order valence-corrected chi connectivity index (χ4v) is 5.24. The number of ether oxygens (including phenoxy) is 1. The topological polar surface area (TPSA) is 114 Å². The summed E-state index contributed by atoms with van der Waals surface area (Å²) in [4.78, 5) is 24.5. The molecule has 1 N–H and O–H groups in total. The van der Waals surface area contributed by atoms with Gasteiger partial charge in [-0.2, -0.15) is 10.2 Å². The molecule has 0 saturated heterocycles. The third-order valence-corrected chi connectivity index (χ3v) is 7.93. The van der Waals surface area contributed by atoms with Crippen LogP contribution in [-0.4, -0.2) is 30.6 Å². The van der Waals surface area contributed by atoms with Crippen LogP contribution in [0.1, 0.15) is 52.1 Å². The molecule has 11 heteroatoms. The molecule has 0 spiro atoms. The lowest BCUT2D eigenvalue weighted by molar-refractivity contribution is 0.0696. The molecule has 6 rings (SSSR count). The van der Waals surface area contributed by atoms with Gasteiger partial charge in [0.1, 0.15) is 29.6 Å². The number of hydrogen-bond donors (Lipinski definition) is 1. The van der Waals surface area contributed by atoms with E-state index in [0.717, 1.165) is 24.5 Å². The minimum atomic E-state index is -1.28. The summed E-state index contributed by atoms with van der Waals surface area (Å²) < 4.78 is 52.0. The molecule has 222 valence electrons. The van der Waals surface area contributed by atoms with Crippen molar-refractivity contribution >= 4 is 17.0 Å². The summed E-state index contributed by atoms with van der Waals surface area (Å²) in [6.07, 6.45) is 3.36. The van der Waals surface area contributed by atoms with Gasteiger partial charge in [-0.3, -0.25) is 0 Å². The molecule has 2 aromatic heterocycles. The van der Waals surface area contributed by atoms with Crippen molar-refractivity contribution < 1.29 is 27.8 Å². The molecule has 44 heavy (non-hydrogen) atoms. The highest BCUT2D eigenvalue weighted by Crippen LogP contribution is 2.50. The average molecular weight is 598 g/mol. The van der Waals surface area contributed by atoms with E-state index in [0.29, 0.717) is 35.6 Å². The molecule has 0 aliphatic heterocycles. The van der Waals surface area contributed by atoms with Gasteiger partial charge in [0.2, 0.25) is 0 Å². The Morgan fingerprint density at radius 2 is 1.80 bits per heavy atom.